The number of rotatable bonds is 3. The van der Waals surface area contributed by atoms with Crippen LogP contribution in [0.2, 0.25) is 0 Å². The van der Waals surface area contributed by atoms with Gasteiger partial charge in [0, 0.05) is 6.42 Å². The lowest BCUT2D eigenvalue weighted by atomic mass is 10.2. The summed E-state index contributed by atoms with van der Waals surface area (Å²) in [5.74, 6) is 0. The molecule has 0 nitrogen and oxygen atoms in total. The number of hydrogen-bond donors (Lipinski definition) is 0. The van der Waals surface area contributed by atoms with Crippen LogP contribution in [0.5, 0.6) is 0 Å². The van der Waals surface area contributed by atoms with E-state index in [0.29, 0.717) is 6.42 Å². The lowest BCUT2D eigenvalue weighted by molar-refractivity contribution is -0.135. The number of unbranched alkanes of at least 4 members (excludes halogenated alkanes) is 2. The topological polar surface area (TPSA) is 0 Å². The summed E-state index contributed by atoms with van der Waals surface area (Å²) < 4.78 is 34.1. The molecule has 0 fully saturated rings. The van der Waals surface area contributed by atoms with E-state index < -0.39 is 12.6 Å². The molecule has 3 heteroatoms. The summed E-state index contributed by atoms with van der Waals surface area (Å²) >= 11 is 0. The van der Waals surface area contributed by atoms with Gasteiger partial charge in [0.15, 0.2) is 0 Å². The predicted octanol–water partition coefficient (Wildman–Crippen LogP) is 3.93. The van der Waals surface area contributed by atoms with E-state index in [-0.39, 0.29) is 6.42 Å². The van der Waals surface area contributed by atoms with Crippen LogP contribution < -0.4 is 0 Å². The maximum Gasteiger partial charge on any atom is 0.389 e. The van der Waals surface area contributed by atoms with E-state index in [4.69, 9.17) is 0 Å². The first kappa shape index (κ1) is 13.1. The maximum atomic E-state index is 11.4. The fraction of sp³-hybridized carbons (Fsp3) is 0.750. The van der Waals surface area contributed by atoms with Crippen LogP contribution >= 0.6 is 0 Å². The third-order valence-corrected chi connectivity index (χ3v) is 1.06. The lowest BCUT2D eigenvalue weighted by Crippen LogP contribution is -2.05. The molecule has 0 saturated heterocycles. The predicted molar refractivity (Wildman–Crippen MR) is 41.5 cm³/mol. The average molecular weight is 168 g/mol. The molecule has 0 aromatic rings. The summed E-state index contributed by atoms with van der Waals surface area (Å²) in [6, 6.07) is 0. The van der Waals surface area contributed by atoms with E-state index in [2.05, 4.69) is 13.2 Å². The van der Waals surface area contributed by atoms with Crippen LogP contribution in [0, 0.1) is 0 Å². The van der Waals surface area contributed by atoms with Crippen molar-refractivity contribution in [2.45, 2.75) is 38.8 Å². The zero-order valence-electron chi connectivity index (χ0n) is 6.88. The zero-order chi connectivity index (χ0) is 9.33. The second-order valence-electron chi connectivity index (χ2n) is 2.07. The van der Waals surface area contributed by atoms with Gasteiger partial charge in [-0.15, -0.1) is 13.2 Å². The molecule has 0 rings (SSSR count). The van der Waals surface area contributed by atoms with Gasteiger partial charge in [-0.25, -0.2) is 0 Å². The standard InChI is InChI=1S/C6H11F3.C2H4/c1-2-3-4-5-6(7,8)9;1-2/h2-5H2,1H3;1-2H2. The summed E-state index contributed by atoms with van der Waals surface area (Å²) in [5, 5.41) is 0. The van der Waals surface area contributed by atoms with Gasteiger partial charge in [0.25, 0.3) is 0 Å². The van der Waals surface area contributed by atoms with Crippen molar-refractivity contribution in [2.24, 2.45) is 0 Å². The number of alkyl halides is 3. The molecule has 0 aliphatic carbocycles. The molecule has 0 aromatic heterocycles. The second-order valence-corrected chi connectivity index (χ2v) is 2.07. The Morgan fingerprint density at radius 2 is 1.55 bits per heavy atom. The van der Waals surface area contributed by atoms with E-state index in [0.717, 1.165) is 6.42 Å². The number of hydrogen-bond acceptors (Lipinski definition) is 0. The Balaban J connectivity index is 0. The Morgan fingerprint density at radius 1 is 1.09 bits per heavy atom. The van der Waals surface area contributed by atoms with Crippen molar-refractivity contribution in [3.8, 4) is 0 Å². The molecular formula is C8H15F3. The lowest BCUT2D eigenvalue weighted by Gasteiger charge is -2.03. The van der Waals surface area contributed by atoms with Gasteiger partial charge in [-0.3, -0.25) is 0 Å². The van der Waals surface area contributed by atoms with Gasteiger partial charge in [-0.05, 0) is 6.42 Å². The van der Waals surface area contributed by atoms with Crippen molar-refractivity contribution in [3.05, 3.63) is 13.2 Å². The van der Waals surface area contributed by atoms with Crippen LogP contribution in [0.4, 0.5) is 13.2 Å². The Hall–Kier alpha value is -0.470. The average Bonchev–Trinajstić information content (AvgIpc) is 1.90. The van der Waals surface area contributed by atoms with Crippen molar-refractivity contribution in [1.82, 2.24) is 0 Å². The van der Waals surface area contributed by atoms with Gasteiger partial charge in [-0.1, -0.05) is 19.8 Å². The van der Waals surface area contributed by atoms with Gasteiger partial charge in [-0.2, -0.15) is 13.2 Å². The molecule has 0 saturated carbocycles. The van der Waals surface area contributed by atoms with Crippen molar-refractivity contribution < 1.29 is 13.2 Å². The molecule has 0 amide bonds. The Bertz CT molecular complexity index is 75.9. The molecule has 0 aromatic carbocycles. The fourth-order valence-corrected chi connectivity index (χ4v) is 0.575. The summed E-state index contributed by atoms with van der Waals surface area (Å²) in [5.41, 5.74) is 0. The smallest absolute Gasteiger partial charge is 0.171 e. The highest BCUT2D eigenvalue weighted by Gasteiger charge is 2.25. The first-order valence-electron chi connectivity index (χ1n) is 3.63. The van der Waals surface area contributed by atoms with Gasteiger partial charge < -0.3 is 0 Å². The summed E-state index contributed by atoms with van der Waals surface area (Å²) in [6.07, 6.45) is -2.77. The van der Waals surface area contributed by atoms with Crippen molar-refractivity contribution in [1.29, 1.82) is 0 Å². The van der Waals surface area contributed by atoms with Crippen LogP contribution in [-0.4, -0.2) is 6.18 Å². The van der Waals surface area contributed by atoms with Crippen LogP contribution in [0.15, 0.2) is 13.2 Å². The molecule has 68 valence electrons. The normalized spacial score (nSPS) is 10.2. The molecule has 0 bridgehead atoms. The molecule has 0 N–H and O–H groups in total. The van der Waals surface area contributed by atoms with Gasteiger partial charge >= 0.3 is 6.18 Å². The fourth-order valence-electron chi connectivity index (χ4n) is 0.575. The summed E-state index contributed by atoms with van der Waals surface area (Å²) in [6.45, 7) is 7.89. The van der Waals surface area contributed by atoms with Crippen LogP contribution in [0.3, 0.4) is 0 Å². The van der Waals surface area contributed by atoms with Crippen molar-refractivity contribution in [3.63, 3.8) is 0 Å². The Kier molecular flexibility index (Phi) is 9.12. The quantitative estimate of drug-likeness (QED) is 0.442. The van der Waals surface area contributed by atoms with Crippen LogP contribution in [0.25, 0.3) is 0 Å². The largest absolute Gasteiger partial charge is 0.389 e. The SMILES string of the molecule is C=C.CCCCCC(F)(F)F. The first-order valence-corrected chi connectivity index (χ1v) is 3.63. The highest BCUT2D eigenvalue weighted by molar-refractivity contribution is 4.49. The Labute approximate surface area is 66.1 Å². The molecule has 0 spiro atoms. The van der Waals surface area contributed by atoms with E-state index in [1.54, 1.807) is 0 Å². The third kappa shape index (κ3) is 17.7. The summed E-state index contributed by atoms with van der Waals surface area (Å²) in [7, 11) is 0. The monoisotopic (exact) mass is 168 g/mol. The molecule has 0 heterocycles. The first-order chi connectivity index (χ1) is 5.06. The van der Waals surface area contributed by atoms with E-state index >= 15 is 0 Å². The highest BCUT2D eigenvalue weighted by atomic mass is 19.4. The minimum absolute atomic E-state index is 0.278. The third-order valence-electron chi connectivity index (χ3n) is 1.06. The van der Waals surface area contributed by atoms with Crippen molar-refractivity contribution >= 4 is 0 Å². The van der Waals surface area contributed by atoms with E-state index in [9.17, 15) is 13.2 Å². The van der Waals surface area contributed by atoms with E-state index in [1.807, 2.05) is 6.92 Å². The highest BCUT2D eigenvalue weighted by Crippen LogP contribution is 2.22. The molecule has 11 heavy (non-hydrogen) atoms. The molecular weight excluding hydrogens is 153 g/mol. The maximum absolute atomic E-state index is 11.4. The molecule has 0 unspecified atom stereocenters. The summed E-state index contributed by atoms with van der Waals surface area (Å²) in [4.78, 5) is 0. The second kappa shape index (κ2) is 7.63. The number of halogens is 3. The minimum Gasteiger partial charge on any atom is -0.171 e. The molecule has 0 aliphatic rings. The van der Waals surface area contributed by atoms with Gasteiger partial charge in [0.05, 0.1) is 0 Å². The molecule has 0 aliphatic heterocycles. The van der Waals surface area contributed by atoms with Gasteiger partial charge in [0.1, 0.15) is 0 Å². The molecule has 0 radical (unpaired) electrons. The van der Waals surface area contributed by atoms with E-state index in [1.165, 1.54) is 0 Å². The van der Waals surface area contributed by atoms with Crippen LogP contribution in [0.1, 0.15) is 32.6 Å². The van der Waals surface area contributed by atoms with Crippen LogP contribution in [-0.2, 0) is 0 Å². The molecule has 0 atom stereocenters. The van der Waals surface area contributed by atoms with Crippen molar-refractivity contribution in [2.75, 3.05) is 0 Å². The minimum atomic E-state index is -3.95. The van der Waals surface area contributed by atoms with Gasteiger partial charge in [0.2, 0.25) is 0 Å². The Morgan fingerprint density at radius 3 is 1.82 bits per heavy atom. The zero-order valence-corrected chi connectivity index (χ0v) is 6.88.